The molecule has 1 saturated heterocycles. The molecule has 28 heavy (non-hydrogen) atoms. The highest BCUT2D eigenvalue weighted by Crippen LogP contribution is 2.34. The predicted molar refractivity (Wildman–Crippen MR) is 116 cm³/mol. The van der Waals surface area contributed by atoms with Crippen LogP contribution in [0.1, 0.15) is 51.1 Å². The summed E-state index contributed by atoms with van der Waals surface area (Å²) in [6.45, 7) is 5.08. The van der Waals surface area contributed by atoms with Gasteiger partial charge in [0.05, 0.1) is 11.8 Å². The first-order valence-electron chi connectivity index (χ1n) is 9.69. The Morgan fingerprint density at radius 3 is 2.64 bits per heavy atom. The lowest BCUT2D eigenvalue weighted by Gasteiger charge is -2.42. The minimum atomic E-state index is -0.435. The van der Waals surface area contributed by atoms with Crippen LogP contribution in [0.25, 0.3) is 0 Å². The number of nitrogens with two attached hydrogens (primary N) is 1. The van der Waals surface area contributed by atoms with Gasteiger partial charge < -0.3 is 16.0 Å². The predicted octanol–water partition coefficient (Wildman–Crippen LogP) is 3.32. The first-order chi connectivity index (χ1) is 12.4. The molecule has 0 spiro atoms. The Kier molecular flexibility index (Phi) is 9.18. The molecule has 3 rings (SSSR count). The van der Waals surface area contributed by atoms with Crippen LogP contribution >= 0.6 is 24.8 Å². The molecule has 1 aromatic rings. The van der Waals surface area contributed by atoms with Gasteiger partial charge in [-0.15, -0.1) is 24.8 Å². The average Bonchev–Trinajstić information content (AvgIpc) is 2.61. The zero-order valence-electron chi connectivity index (χ0n) is 16.6. The molecule has 0 radical (unpaired) electrons. The summed E-state index contributed by atoms with van der Waals surface area (Å²) in [6.07, 6.45) is 5.53. The summed E-state index contributed by atoms with van der Waals surface area (Å²) in [6, 6.07) is 5.56. The average molecular weight is 431 g/mol. The quantitative estimate of drug-likeness (QED) is 0.769. The number of anilines is 1. The first-order valence-corrected chi connectivity index (χ1v) is 9.69. The number of carbonyl (C=O) groups excluding carboxylic acids is 2. The van der Waals surface area contributed by atoms with Gasteiger partial charge in [-0.05, 0) is 51.7 Å². The van der Waals surface area contributed by atoms with E-state index in [-0.39, 0.29) is 48.5 Å². The van der Waals surface area contributed by atoms with E-state index in [1.54, 1.807) is 6.07 Å². The Hall–Kier alpha value is -1.37. The molecule has 2 amide bonds. The molecule has 158 valence electrons. The second-order valence-electron chi connectivity index (χ2n) is 8.08. The zero-order chi connectivity index (χ0) is 18.7. The number of likely N-dealkylation sites (tertiary alicyclic amines) is 1. The molecule has 2 heterocycles. The number of hydrogen-bond donors (Lipinski definition) is 2. The molecule has 2 fully saturated rings. The lowest BCUT2D eigenvalue weighted by atomic mass is 9.73. The Morgan fingerprint density at radius 1 is 1.21 bits per heavy atom. The van der Waals surface area contributed by atoms with Crippen molar-refractivity contribution in [2.24, 2.45) is 17.6 Å². The monoisotopic (exact) mass is 430 g/mol. The minimum absolute atomic E-state index is 0. The number of hydrogen-bond acceptors (Lipinski definition) is 4. The van der Waals surface area contributed by atoms with Gasteiger partial charge >= 0.3 is 0 Å². The Morgan fingerprint density at radius 2 is 1.96 bits per heavy atom. The molecule has 6 nitrogen and oxygen atoms in total. The summed E-state index contributed by atoms with van der Waals surface area (Å²) in [5.41, 5.74) is 6.83. The van der Waals surface area contributed by atoms with Crippen molar-refractivity contribution < 1.29 is 9.59 Å². The molecule has 1 aliphatic carbocycles. The fourth-order valence-corrected chi connectivity index (χ4v) is 4.22. The lowest BCUT2D eigenvalue weighted by molar-refractivity contribution is -0.141. The van der Waals surface area contributed by atoms with Gasteiger partial charge in [-0.3, -0.25) is 9.59 Å². The molecular weight excluding hydrogens is 399 g/mol. The summed E-state index contributed by atoms with van der Waals surface area (Å²) < 4.78 is 0. The van der Waals surface area contributed by atoms with Gasteiger partial charge in [-0.1, -0.05) is 18.9 Å². The SMILES string of the molecule is Cc1cccc(NC(=O)C2CCCN(C(=O)C3CCCCC3(C)N)C2)n1.Cl.Cl. The van der Waals surface area contributed by atoms with E-state index in [4.69, 9.17) is 5.73 Å². The van der Waals surface area contributed by atoms with E-state index in [1.165, 1.54) is 0 Å². The maximum Gasteiger partial charge on any atom is 0.230 e. The number of aromatic nitrogens is 1. The number of nitrogens with zero attached hydrogens (tertiary/aromatic N) is 2. The number of rotatable bonds is 3. The zero-order valence-corrected chi connectivity index (χ0v) is 18.3. The van der Waals surface area contributed by atoms with Gasteiger partial charge in [0, 0.05) is 24.3 Å². The number of halogens is 2. The van der Waals surface area contributed by atoms with E-state index < -0.39 is 5.54 Å². The van der Waals surface area contributed by atoms with Crippen molar-refractivity contribution in [1.82, 2.24) is 9.88 Å². The Labute approximate surface area is 179 Å². The van der Waals surface area contributed by atoms with Crippen LogP contribution < -0.4 is 11.1 Å². The first kappa shape index (κ1) is 24.7. The van der Waals surface area contributed by atoms with Crippen LogP contribution in [0.2, 0.25) is 0 Å². The van der Waals surface area contributed by atoms with Crippen molar-refractivity contribution in [3.05, 3.63) is 23.9 Å². The fraction of sp³-hybridized carbons (Fsp3) is 0.650. The summed E-state index contributed by atoms with van der Waals surface area (Å²) in [5.74, 6) is 0.319. The van der Waals surface area contributed by atoms with Crippen LogP contribution in [0.15, 0.2) is 18.2 Å². The van der Waals surface area contributed by atoms with E-state index in [1.807, 2.05) is 30.9 Å². The van der Waals surface area contributed by atoms with Crippen LogP contribution in [-0.4, -0.2) is 40.3 Å². The second-order valence-corrected chi connectivity index (χ2v) is 8.08. The molecule has 0 bridgehead atoms. The standard InChI is InChI=1S/C20H30N4O2.2ClH/c1-14-7-5-10-17(22-14)23-18(25)15-8-6-12-24(13-15)19(26)16-9-3-4-11-20(16,2)21;;/h5,7,10,15-16H,3-4,6,8-9,11-13,21H2,1-2H3,(H,22,23,25);2*1H. The maximum atomic E-state index is 13.0. The third-order valence-electron chi connectivity index (χ3n) is 5.80. The number of amides is 2. The third-order valence-corrected chi connectivity index (χ3v) is 5.80. The van der Waals surface area contributed by atoms with Crippen LogP contribution in [0.4, 0.5) is 5.82 Å². The molecule has 3 N–H and O–H groups in total. The molecule has 1 aromatic heterocycles. The van der Waals surface area contributed by atoms with Crippen LogP contribution in [0.3, 0.4) is 0 Å². The summed E-state index contributed by atoms with van der Waals surface area (Å²) in [7, 11) is 0. The van der Waals surface area contributed by atoms with Gasteiger partial charge in [0.15, 0.2) is 0 Å². The van der Waals surface area contributed by atoms with Crippen molar-refractivity contribution in [1.29, 1.82) is 0 Å². The largest absolute Gasteiger partial charge is 0.342 e. The van der Waals surface area contributed by atoms with Crippen molar-refractivity contribution in [3.63, 3.8) is 0 Å². The number of aryl methyl sites for hydroxylation is 1. The van der Waals surface area contributed by atoms with Crippen LogP contribution in [-0.2, 0) is 9.59 Å². The van der Waals surface area contributed by atoms with Crippen molar-refractivity contribution >= 4 is 42.4 Å². The summed E-state index contributed by atoms with van der Waals surface area (Å²) in [4.78, 5) is 31.9. The van der Waals surface area contributed by atoms with E-state index in [0.717, 1.165) is 50.8 Å². The van der Waals surface area contributed by atoms with Gasteiger partial charge in [0.25, 0.3) is 0 Å². The second kappa shape index (κ2) is 10.4. The number of pyridine rings is 1. The Bertz CT molecular complexity index is 684. The molecule has 3 unspecified atom stereocenters. The fourth-order valence-electron chi connectivity index (χ4n) is 4.22. The van der Waals surface area contributed by atoms with E-state index in [2.05, 4.69) is 10.3 Å². The van der Waals surface area contributed by atoms with Crippen LogP contribution in [0, 0.1) is 18.8 Å². The molecule has 8 heteroatoms. The maximum absolute atomic E-state index is 13.0. The smallest absolute Gasteiger partial charge is 0.230 e. The van der Waals surface area contributed by atoms with Gasteiger partial charge in [0.2, 0.25) is 11.8 Å². The molecule has 0 aromatic carbocycles. The highest BCUT2D eigenvalue weighted by molar-refractivity contribution is 5.92. The highest BCUT2D eigenvalue weighted by Gasteiger charge is 2.41. The van der Waals surface area contributed by atoms with E-state index in [0.29, 0.717) is 12.4 Å². The van der Waals surface area contributed by atoms with Crippen molar-refractivity contribution in [2.45, 2.75) is 57.9 Å². The number of piperidine rings is 1. The molecular formula is C20H32Cl2N4O2. The summed E-state index contributed by atoms with van der Waals surface area (Å²) in [5, 5.41) is 2.90. The van der Waals surface area contributed by atoms with Crippen molar-refractivity contribution in [3.8, 4) is 0 Å². The lowest BCUT2D eigenvalue weighted by Crippen LogP contribution is -2.55. The Balaban J connectivity index is 0.00000196. The summed E-state index contributed by atoms with van der Waals surface area (Å²) >= 11 is 0. The normalized spacial score (nSPS) is 27.2. The van der Waals surface area contributed by atoms with Gasteiger partial charge in [-0.25, -0.2) is 4.98 Å². The van der Waals surface area contributed by atoms with E-state index in [9.17, 15) is 9.59 Å². The highest BCUT2D eigenvalue weighted by atomic mass is 35.5. The number of nitrogens with one attached hydrogen (secondary N) is 1. The minimum Gasteiger partial charge on any atom is -0.342 e. The number of carbonyl (C=O) groups is 2. The molecule has 1 aliphatic heterocycles. The van der Waals surface area contributed by atoms with Gasteiger partial charge in [-0.2, -0.15) is 0 Å². The molecule has 2 aliphatic rings. The van der Waals surface area contributed by atoms with Gasteiger partial charge in [0.1, 0.15) is 5.82 Å². The van der Waals surface area contributed by atoms with Crippen LogP contribution in [0.5, 0.6) is 0 Å². The third kappa shape index (κ3) is 5.82. The van der Waals surface area contributed by atoms with Crippen molar-refractivity contribution in [2.75, 3.05) is 18.4 Å². The topological polar surface area (TPSA) is 88.3 Å². The molecule has 1 saturated carbocycles. The molecule has 3 atom stereocenters. The van der Waals surface area contributed by atoms with E-state index >= 15 is 0 Å².